The van der Waals surface area contributed by atoms with E-state index in [2.05, 4.69) is 170 Å². The molecule has 0 unspecified atom stereocenters. The van der Waals surface area contributed by atoms with Crippen molar-refractivity contribution in [1.82, 2.24) is 0 Å². The summed E-state index contributed by atoms with van der Waals surface area (Å²) >= 11 is 0. The summed E-state index contributed by atoms with van der Waals surface area (Å²) < 4.78 is 6.08. The lowest BCUT2D eigenvalue weighted by Gasteiger charge is -2.20. The molecule has 1 nitrogen and oxygen atoms in total. The fraction of sp³-hybridized carbons (Fsp3) is 0.160. The molecule has 8 aromatic rings. The van der Waals surface area contributed by atoms with Gasteiger partial charge in [0.25, 0.3) is 0 Å². The minimum atomic E-state index is 0.876. The van der Waals surface area contributed by atoms with Crippen molar-refractivity contribution in [3.05, 3.63) is 160 Å². The lowest BCUT2D eigenvalue weighted by Crippen LogP contribution is -1.95. The second-order valence-corrected chi connectivity index (χ2v) is 14.5. The van der Waals surface area contributed by atoms with E-state index in [-0.39, 0.29) is 0 Å². The van der Waals surface area contributed by atoms with Crippen LogP contribution in [-0.2, 0) is 0 Å². The molecule has 8 aromatic carbocycles. The third-order valence-corrected chi connectivity index (χ3v) is 10.8. The van der Waals surface area contributed by atoms with Gasteiger partial charge in [0.15, 0.2) is 0 Å². The van der Waals surface area contributed by atoms with E-state index in [1.54, 1.807) is 7.11 Å². The maximum atomic E-state index is 6.08. The first kappa shape index (κ1) is 32.5. The van der Waals surface area contributed by atoms with E-state index in [4.69, 9.17) is 4.74 Å². The Bertz CT molecular complexity index is 2640. The monoisotopic (exact) mass is 660 g/mol. The molecule has 250 valence electrons. The Balaban J connectivity index is 1.41. The van der Waals surface area contributed by atoms with Gasteiger partial charge in [0.2, 0.25) is 0 Å². The Morgan fingerprint density at radius 2 is 0.745 bits per heavy atom. The molecule has 0 saturated heterocycles. The summed E-state index contributed by atoms with van der Waals surface area (Å²) in [5.74, 6) is 0.876. The van der Waals surface area contributed by atoms with Gasteiger partial charge in [-0.3, -0.25) is 0 Å². The zero-order valence-corrected chi connectivity index (χ0v) is 31.0. The lowest BCUT2D eigenvalue weighted by molar-refractivity contribution is 0.416. The topological polar surface area (TPSA) is 9.23 Å². The van der Waals surface area contributed by atoms with E-state index in [0.29, 0.717) is 0 Å². The van der Waals surface area contributed by atoms with E-state index < -0.39 is 0 Å². The van der Waals surface area contributed by atoms with Crippen LogP contribution >= 0.6 is 0 Å². The van der Waals surface area contributed by atoms with Gasteiger partial charge in [-0.2, -0.15) is 0 Å². The van der Waals surface area contributed by atoms with Gasteiger partial charge in [-0.1, -0.05) is 102 Å². The molecule has 0 spiro atoms. The molecule has 0 bridgehead atoms. The van der Waals surface area contributed by atoms with E-state index in [9.17, 15) is 0 Å². The SMILES string of the molecule is COc1ccc(-c2c(C)cc(C)cc2C)cc1-c1cc2c3ccccc3c(-c3cc(-c4c(C)cc(C)cc4C)ccc3C)cc2c2ccccc12. The third-order valence-electron chi connectivity index (χ3n) is 10.8. The first-order chi connectivity index (χ1) is 24.6. The van der Waals surface area contributed by atoms with E-state index >= 15 is 0 Å². The highest BCUT2D eigenvalue weighted by Gasteiger charge is 2.19. The standard InChI is InChI=1S/C50H44O/c1-29-21-32(4)49(33(5)22-29)36-18-17-31(3)42(25-36)43-27-44-40-15-11-12-16-41(40)46(28-45(44)39-14-10-9-13-38(39)43)47-26-37(19-20-48(47)51-8)50-34(6)23-30(2)24-35(50)7/h9-28H,1-8H3. The molecular formula is C50H44O. The van der Waals surface area contributed by atoms with Gasteiger partial charge in [-0.15, -0.1) is 0 Å². The molecule has 51 heavy (non-hydrogen) atoms. The lowest BCUT2D eigenvalue weighted by atomic mass is 9.85. The van der Waals surface area contributed by atoms with Crippen molar-refractivity contribution in [2.75, 3.05) is 7.11 Å². The highest BCUT2D eigenvalue weighted by atomic mass is 16.5. The molecule has 0 aliphatic carbocycles. The first-order valence-corrected chi connectivity index (χ1v) is 18.0. The smallest absolute Gasteiger partial charge is 0.126 e. The van der Waals surface area contributed by atoms with Crippen molar-refractivity contribution in [3.63, 3.8) is 0 Å². The van der Waals surface area contributed by atoms with Gasteiger partial charge in [-0.25, -0.2) is 0 Å². The Morgan fingerprint density at radius 1 is 0.333 bits per heavy atom. The predicted molar refractivity (Wildman–Crippen MR) is 220 cm³/mol. The molecule has 0 fully saturated rings. The molecule has 8 rings (SSSR count). The zero-order valence-electron chi connectivity index (χ0n) is 31.0. The van der Waals surface area contributed by atoms with Gasteiger partial charge in [0.05, 0.1) is 7.11 Å². The number of hydrogen-bond donors (Lipinski definition) is 0. The maximum absolute atomic E-state index is 6.08. The number of aryl methyl sites for hydroxylation is 7. The molecule has 0 aromatic heterocycles. The van der Waals surface area contributed by atoms with Crippen LogP contribution < -0.4 is 4.74 Å². The van der Waals surface area contributed by atoms with Crippen molar-refractivity contribution in [1.29, 1.82) is 0 Å². The minimum Gasteiger partial charge on any atom is -0.496 e. The van der Waals surface area contributed by atoms with Gasteiger partial charge < -0.3 is 4.74 Å². The second kappa shape index (κ2) is 12.6. The number of rotatable bonds is 5. The molecular weight excluding hydrogens is 617 g/mol. The molecule has 0 radical (unpaired) electrons. The highest BCUT2D eigenvalue weighted by Crippen LogP contribution is 2.46. The third kappa shape index (κ3) is 5.49. The molecule has 1 heteroatoms. The summed E-state index contributed by atoms with van der Waals surface area (Å²) in [7, 11) is 1.78. The van der Waals surface area contributed by atoms with Gasteiger partial charge in [0.1, 0.15) is 5.75 Å². The van der Waals surface area contributed by atoms with Crippen LogP contribution in [0.1, 0.15) is 38.9 Å². The minimum absolute atomic E-state index is 0.876. The van der Waals surface area contributed by atoms with Crippen molar-refractivity contribution < 1.29 is 4.74 Å². The number of hydrogen-bond acceptors (Lipinski definition) is 1. The first-order valence-electron chi connectivity index (χ1n) is 18.0. The average Bonchev–Trinajstić information content (AvgIpc) is 3.11. The molecule has 0 saturated carbocycles. The molecule has 0 heterocycles. The predicted octanol–water partition coefficient (Wildman–Crippen LogP) is 14.0. The van der Waals surface area contributed by atoms with Gasteiger partial charge >= 0.3 is 0 Å². The van der Waals surface area contributed by atoms with Crippen LogP contribution in [0.15, 0.2) is 121 Å². The molecule has 0 aliphatic rings. The maximum Gasteiger partial charge on any atom is 0.126 e. The normalized spacial score (nSPS) is 11.5. The van der Waals surface area contributed by atoms with Gasteiger partial charge in [0, 0.05) is 5.56 Å². The summed E-state index contributed by atoms with van der Waals surface area (Å²) in [6.45, 7) is 15.5. The summed E-state index contributed by atoms with van der Waals surface area (Å²) in [6.07, 6.45) is 0. The van der Waals surface area contributed by atoms with Crippen molar-refractivity contribution in [3.8, 4) is 50.3 Å². The van der Waals surface area contributed by atoms with Crippen molar-refractivity contribution in [2.45, 2.75) is 48.5 Å². The number of methoxy groups -OCH3 is 1. The number of ether oxygens (including phenoxy) is 1. The van der Waals surface area contributed by atoms with Crippen LogP contribution in [0.2, 0.25) is 0 Å². The van der Waals surface area contributed by atoms with E-state index in [0.717, 1.165) is 11.3 Å². The van der Waals surface area contributed by atoms with Gasteiger partial charge in [-0.05, 0) is 178 Å². The summed E-state index contributed by atoms with van der Waals surface area (Å²) in [6, 6.07) is 45.5. The molecule has 0 amide bonds. The largest absolute Gasteiger partial charge is 0.496 e. The summed E-state index contributed by atoms with van der Waals surface area (Å²) in [5.41, 5.74) is 19.0. The van der Waals surface area contributed by atoms with Crippen LogP contribution in [0.25, 0.3) is 76.8 Å². The van der Waals surface area contributed by atoms with Crippen LogP contribution in [0.4, 0.5) is 0 Å². The average molecular weight is 661 g/mol. The fourth-order valence-electron chi connectivity index (χ4n) is 8.81. The van der Waals surface area contributed by atoms with Crippen LogP contribution in [0, 0.1) is 48.5 Å². The summed E-state index contributed by atoms with van der Waals surface area (Å²) in [4.78, 5) is 0. The van der Waals surface area contributed by atoms with E-state index in [1.165, 1.54) is 110 Å². The van der Waals surface area contributed by atoms with Crippen LogP contribution in [0.3, 0.4) is 0 Å². The Hall–Kier alpha value is -5.66. The Labute approximate surface area is 302 Å². The Kier molecular flexibility index (Phi) is 8.03. The fourth-order valence-corrected chi connectivity index (χ4v) is 8.81. The number of fused-ring (bicyclic) bond motifs is 5. The van der Waals surface area contributed by atoms with Crippen molar-refractivity contribution in [2.24, 2.45) is 0 Å². The second-order valence-electron chi connectivity index (χ2n) is 14.5. The highest BCUT2D eigenvalue weighted by molar-refractivity contribution is 6.24. The molecule has 0 aliphatic heterocycles. The van der Waals surface area contributed by atoms with Crippen molar-refractivity contribution >= 4 is 32.3 Å². The quantitative estimate of drug-likeness (QED) is 0.167. The molecule has 0 atom stereocenters. The molecule has 0 N–H and O–H groups in total. The zero-order chi connectivity index (χ0) is 35.6. The van der Waals surface area contributed by atoms with E-state index in [1.807, 2.05) is 0 Å². The number of benzene rings is 8. The van der Waals surface area contributed by atoms with Crippen LogP contribution in [0.5, 0.6) is 5.75 Å². The summed E-state index contributed by atoms with van der Waals surface area (Å²) in [5, 5.41) is 7.48. The Morgan fingerprint density at radius 3 is 1.22 bits per heavy atom. The van der Waals surface area contributed by atoms with Crippen LogP contribution in [-0.4, -0.2) is 7.11 Å².